The molecule has 0 aliphatic carbocycles. The van der Waals surface area contributed by atoms with Gasteiger partial charge >= 0.3 is 6.36 Å². The van der Waals surface area contributed by atoms with E-state index < -0.39 is 6.36 Å². The fraction of sp³-hybridized carbons (Fsp3) is 0.250. The molecule has 3 aromatic rings. The number of nitrogens with zero attached hydrogens (tertiary/aromatic N) is 1. The van der Waals surface area contributed by atoms with Crippen LogP contribution in [0.5, 0.6) is 17.2 Å². The average Bonchev–Trinajstić information content (AvgIpc) is 2.77. The highest BCUT2D eigenvalue weighted by Gasteiger charge is 2.31. The van der Waals surface area contributed by atoms with Crippen LogP contribution in [0.4, 0.5) is 13.2 Å². The van der Waals surface area contributed by atoms with Gasteiger partial charge in [-0.2, -0.15) is 0 Å². The number of para-hydroxylation sites is 1. The Labute approximate surface area is 179 Å². The Hall–Kier alpha value is -3.03. The summed E-state index contributed by atoms with van der Waals surface area (Å²) in [5.41, 5.74) is 1.96. The lowest BCUT2D eigenvalue weighted by molar-refractivity contribution is -0.274. The van der Waals surface area contributed by atoms with E-state index in [2.05, 4.69) is 15.0 Å². The molecule has 0 unspecified atom stereocenters. The lowest BCUT2D eigenvalue weighted by Gasteiger charge is -2.35. The number of benzene rings is 3. The number of hydrogen-bond donors (Lipinski definition) is 1. The Morgan fingerprint density at radius 3 is 1.77 bits per heavy atom. The monoisotopic (exact) mass is 428 g/mol. The Morgan fingerprint density at radius 2 is 1.23 bits per heavy atom. The van der Waals surface area contributed by atoms with Crippen LogP contribution in [-0.4, -0.2) is 37.4 Å². The molecule has 7 heteroatoms. The molecule has 0 aromatic heterocycles. The van der Waals surface area contributed by atoms with Gasteiger partial charge in [-0.05, 0) is 47.5 Å². The van der Waals surface area contributed by atoms with Gasteiger partial charge in [-0.1, -0.05) is 42.5 Å². The predicted octanol–water partition coefficient (Wildman–Crippen LogP) is 5.37. The van der Waals surface area contributed by atoms with Gasteiger partial charge in [0.2, 0.25) is 0 Å². The van der Waals surface area contributed by atoms with Crippen LogP contribution in [0.3, 0.4) is 0 Å². The van der Waals surface area contributed by atoms with E-state index in [9.17, 15) is 13.2 Å². The van der Waals surface area contributed by atoms with Crippen molar-refractivity contribution < 1.29 is 22.6 Å². The van der Waals surface area contributed by atoms with Crippen molar-refractivity contribution >= 4 is 0 Å². The molecule has 1 heterocycles. The van der Waals surface area contributed by atoms with E-state index in [4.69, 9.17) is 4.74 Å². The topological polar surface area (TPSA) is 33.7 Å². The number of nitrogens with one attached hydrogen (secondary N) is 1. The first-order valence-electron chi connectivity index (χ1n) is 10.1. The van der Waals surface area contributed by atoms with Gasteiger partial charge in [0.15, 0.2) is 0 Å². The van der Waals surface area contributed by atoms with Gasteiger partial charge in [-0.25, -0.2) is 0 Å². The largest absolute Gasteiger partial charge is 0.573 e. The van der Waals surface area contributed by atoms with Crippen molar-refractivity contribution in [1.82, 2.24) is 10.2 Å². The molecule has 4 nitrogen and oxygen atoms in total. The molecule has 1 N–H and O–H groups in total. The third kappa shape index (κ3) is 5.77. The minimum Gasteiger partial charge on any atom is -0.457 e. The van der Waals surface area contributed by atoms with Gasteiger partial charge in [-0.15, -0.1) is 13.2 Å². The van der Waals surface area contributed by atoms with Crippen LogP contribution >= 0.6 is 0 Å². The molecule has 1 fully saturated rings. The Balaban J connectivity index is 1.58. The van der Waals surface area contributed by atoms with Gasteiger partial charge in [0.05, 0.1) is 6.04 Å². The maximum Gasteiger partial charge on any atom is 0.573 e. The summed E-state index contributed by atoms with van der Waals surface area (Å²) in [7, 11) is 0. The van der Waals surface area contributed by atoms with Gasteiger partial charge < -0.3 is 14.8 Å². The van der Waals surface area contributed by atoms with E-state index in [0.717, 1.165) is 48.8 Å². The molecule has 1 aliphatic rings. The van der Waals surface area contributed by atoms with Crippen LogP contribution in [0.25, 0.3) is 0 Å². The summed E-state index contributed by atoms with van der Waals surface area (Å²) in [5.74, 6) is 1.26. The molecule has 0 amide bonds. The first kappa shape index (κ1) is 21.2. The number of hydrogen-bond acceptors (Lipinski definition) is 4. The quantitative estimate of drug-likeness (QED) is 0.572. The SMILES string of the molecule is FC(F)(F)Oc1ccc([C@H](c2ccc(Oc3ccccc3)cc2)N2CCNCC2)cc1. The number of piperazine rings is 1. The van der Waals surface area contributed by atoms with Crippen molar-refractivity contribution in [2.45, 2.75) is 12.4 Å². The zero-order valence-electron chi connectivity index (χ0n) is 16.8. The standard InChI is InChI=1S/C24H23F3N2O2/c25-24(26,27)31-22-12-8-19(9-13-22)23(29-16-14-28-15-17-29)18-6-10-21(11-7-18)30-20-4-2-1-3-5-20/h1-13,23,28H,14-17H2/t23-/m0/s1. The fourth-order valence-electron chi connectivity index (χ4n) is 3.75. The van der Waals surface area contributed by atoms with E-state index in [1.807, 2.05) is 54.6 Å². The summed E-state index contributed by atoms with van der Waals surface area (Å²) in [6.45, 7) is 3.41. The molecule has 3 aromatic carbocycles. The second-order valence-electron chi connectivity index (χ2n) is 7.29. The molecule has 1 saturated heterocycles. The van der Waals surface area contributed by atoms with Gasteiger partial charge in [0, 0.05) is 26.2 Å². The second-order valence-corrected chi connectivity index (χ2v) is 7.29. The van der Waals surface area contributed by atoms with Crippen molar-refractivity contribution in [3.05, 3.63) is 90.0 Å². The summed E-state index contributed by atoms with van der Waals surface area (Å²) in [4.78, 5) is 2.32. The van der Waals surface area contributed by atoms with Crippen LogP contribution in [0.15, 0.2) is 78.9 Å². The van der Waals surface area contributed by atoms with E-state index >= 15 is 0 Å². The molecule has 0 spiro atoms. The summed E-state index contributed by atoms with van der Waals surface area (Å²) >= 11 is 0. The highest BCUT2D eigenvalue weighted by Crippen LogP contribution is 2.33. The molecule has 0 bridgehead atoms. The Kier molecular flexibility index (Phi) is 6.44. The lowest BCUT2D eigenvalue weighted by atomic mass is 9.96. The highest BCUT2D eigenvalue weighted by molar-refractivity contribution is 5.39. The molecule has 1 atom stereocenters. The molecule has 4 rings (SSSR count). The zero-order valence-corrected chi connectivity index (χ0v) is 16.8. The molecule has 162 valence electrons. The highest BCUT2D eigenvalue weighted by atomic mass is 19.4. The predicted molar refractivity (Wildman–Crippen MR) is 112 cm³/mol. The van der Waals surface area contributed by atoms with E-state index in [-0.39, 0.29) is 11.8 Å². The summed E-state index contributed by atoms with van der Waals surface area (Å²) in [6.07, 6.45) is -4.70. The normalized spacial score (nSPS) is 16.0. The summed E-state index contributed by atoms with van der Waals surface area (Å²) in [6, 6.07) is 23.4. The lowest BCUT2D eigenvalue weighted by Crippen LogP contribution is -2.45. The van der Waals surface area contributed by atoms with E-state index in [1.54, 1.807) is 12.1 Å². The molecular formula is C24H23F3N2O2. The molecule has 0 radical (unpaired) electrons. The maximum absolute atomic E-state index is 12.5. The van der Waals surface area contributed by atoms with Crippen LogP contribution in [0.1, 0.15) is 17.2 Å². The first-order valence-corrected chi connectivity index (χ1v) is 10.1. The van der Waals surface area contributed by atoms with Crippen molar-refractivity contribution in [3.8, 4) is 17.2 Å². The first-order chi connectivity index (χ1) is 15.0. The molecule has 0 saturated carbocycles. The van der Waals surface area contributed by atoms with Crippen molar-refractivity contribution in [1.29, 1.82) is 0 Å². The summed E-state index contributed by atoms with van der Waals surface area (Å²) in [5, 5.41) is 3.34. The minimum absolute atomic E-state index is 0.0761. The van der Waals surface area contributed by atoms with E-state index in [1.165, 1.54) is 12.1 Å². The van der Waals surface area contributed by atoms with Gasteiger partial charge in [0.25, 0.3) is 0 Å². The second kappa shape index (κ2) is 9.41. The van der Waals surface area contributed by atoms with Gasteiger partial charge in [0.1, 0.15) is 17.2 Å². The minimum atomic E-state index is -4.70. The Bertz CT molecular complexity index is 955. The molecule has 31 heavy (non-hydrogen) atoms. The van der Waals surface area contributed by atoms with Crippen molar-refractivity contribution in [3.63, 3.8) is 0 Å². The van der Waals surface area contributed by atoms with Gasteiger partial charge in [-0.3, -0.25) is 4.90 Å². The third-order valence-electron chi connectivity index (χ3n) is 5.12. The fourth-order valence-corrected chi connectivity index (χ4v) is 3.75. The molecular weight excluding hydrogens is 405 g/mol. The zero-order chi connectivity index (χ0) is 21.7. The summed E-state index contributed by atoms with van der Waals surface area (Å²) < 4.78 is 47.4. The number of rotatable bonds is 6. The Morgan fingerprint density at radius 1 is 0.710 bits per heavy atom. The van der Waals surface area contributed by atoms with Crippen LogP contribution in [-0.2, 0) is 0 Å². The average molecular weight is 428 g/mol. The van der Waals surface area contributed by atoms with E-state index in [0.29, 0.717) is 0 Å². The van der Waals surface area contributed by atoms with Crippen LogP contribution < -0.4 is 14.8 Å². The smallest absolute Gasteiger partial charge is 0.457 e. The number of halogens is 3. The molecule has 1 aliphatic heterocycles. The van der Waals surface area contributed by atoms with Crippen molar-refractivity contribution in [2.75, 3.05) is 26.2 Å². The third-order valence-corrected chi connectivity index (χ3v) is 5.12. The van der Waals surface area contributed by atoms with Crippen LogP contribution in [0.2, 0.25) is 0 Å². The maximum atomic E-state index is 12.5. The van der Waals surface area contributed by atoms with Crippen molar-refractivity contribution in [2.24, 2.45) is 0 Å². The van der Waals surface area contributed by atoms with Crippen LogP contribution in [0, 0.1) is 0 Å². The number of alkyl halides is 3. The number of ether oxygens (including phenoxy) is 2.